The van der Waals surface area contributed by atoms with Gasteiger partial charge in [-0.25, -0.2) is 9.97 Å². The van der Waals surface area contributed by atoms with Crippen LogP contribution in [0.1, 0.15) is 75.8 Å². The average Bonchev–Trinajstić information content (AvgIpc) is 3.47. The van der Waals surface area contributed by atoms with Crippen molar-refractivity contribution in [2.45, 2.75) is 56.9 Å². The highest BCUT2D eigenvalue weighted by molar-refractivity contribution is 5.92. The van der Waals surface area contributed by atoms with Crippen molar-refractivity contribution < 1.29 is 14.0 Å². The van der Waals surface area contributed by atoms with E-state index in [1.165, 1.54) is 18.1 Å². The van der Waals surface area contributed by atoms with E-state index in [4.69, 9.17) is 5.73 Å². The normalized spacial score (nSPS) is 20.9. The van der Waals surface area contributed by atoms with E-state index < -0.39 is 11.9 Å². The summed E-state index contributed by atoms with van der Waals surface area (Å²) in [6.07, 6.45) is 13.3. The van der Waals surface area contributed by atoms with Gasteiger partial charge in [0, 0.05) is 82.3 Å². The molecule has 1 saturated carbocycles. The molecule has 2 amide bonds. The minimum atomic E-state index is -0.726. The molecule has 2 aliphatic carbocycles. The minimum Gasteiger partial charge on any atom is -0.365 e. The van der Waals surface area contributed by atoms with Gasteiger partial charge in [-0.2, -0.15) is 4.39 Å². The molecule has 0 bridgehead atoms. The number of carbonyl (C=O) groups is 2. The summed E-state index contributed by atoms with van der Waals surface area (Å²) in [5, 5.41) is 5.82. The van der Waals surface area contributed by atoms with Crippen molar-refractivity contribution >= 4 is 23.2 Å². The maximum absolute atomic E-state index is 14.4. The van der Waals surface area contributed by atoms with Crippen LogP contribution in [0.4, 0.5) is 15.8 Å². The maximum Gasteiger partial charge on any atom is 0.269 e. The molecule has 5 N–H and O–H groups in total. The van der Waals surface area contributed by atoms with E-state index in [0.717, 1.165) is 88.2 Å². The highest BCUT2D eigenvalue weighted by Crippen LogP contribution is 2.37. The number of fused-ring (bicyclic) bond motifs is 1. The number of carbonyl (C=O) groups excluding carboxylic acids is 2. The van der Waals surface area contributed by atoms with Gasteiger partial charge in [-0.1, -0.05) is 6.08 Å². The summed E-state index contributed by atoms with van der Waals surface area (Å²) in [5.41, 5.74) is 10.5. The van der Waals surface area contributed by atoms with Gasteiger partial charge in [-0.3, -0.25) is 19.3 Å². The molecule has 49 heavy (non-hydrogen) atoms. The number of amides is 2. The number of anilines is 2. The van der Waals surface area contributed by atoms with Crippen molar-refractivity contribution in [2.75, 3.05) is 62.7 Å². The number of aromatic nitrogens is 3. The molecule has 2 unspecified atom stereocenters. The second-order valence-electron chi connectivity index (χ2n) is 13.1. The predicted octanol–water partition coefficient (Wildman–Crippen LogP) is 2.71. The van der Waals surface area contributed by atoms with Gasteiger partial charge in [0.25, 0.3) is 17.4 Å². The quantitative estimate of drug-likeness (QED) is 0.290. The van der Waals surface area contributed by atoms with E-state index >= 15 is 0 Å². The standard InChI is InChI=1S/C24H30FN5O2.C12H16N4O/c25-22-21(8-7-19(27-22)23(26)31)30-11-9-29(10-12-30)17-6-5-16(13-17)20-14-15-3-1-2-4-18(15)24(32)28-20;1-13-12(17)11-4-3-10(9-15-11)16-7-2-5-14-6-8-16/h7-8,14,16-17H,1-6,9-13H2,(H2,26,31)(H,28,32);2-4,7,9,14H,5-6,8H2,1H3,(H,13,17). The molecule has 3 aromatic rings. The van der Waals surface area contributed by atoms with Crippen molar-refractivity contribution in [2.24, 2.45) is 5.73 Å². The van der Waals surface area contributed by atoms with E-state index in [9.17, 15) is 18.8 Å². The zero-order chi connectivity index (χ0) is 34.3. The molecule has 4 aliphatic rings. The van der Waals surface area contributed by atoms with Gasteiger partial charge in [0.15, 0.2) is 0 Å². The van der Waals surface area contributed by atoms with Crippen LogP contribution in [0.25, 0.3) is 0 Å². The Bertz CT molecular complexity index is 1720. The molecule has 2 aliphatic heterocycles. The molecular formula is C36H46FN9O3. The number of hydrogen-bond acceptors (Lipinski definition) is 9. The van der Waals surface area contributed by atoms with Crippen LogP contribution in [0.5, 0.6) is 0 Å². The van der Waals surface area contributed by atoms with Crippen molar-refractivity contribution in [1.82, 2.24) is 30.5 Å². The molecule has 12 nitrogen and oxygen atoms in total. The number of piperazine rings is 1. The summed E-state index contributed by atoms with van der Waals surface area (Å²) < 4.78 is 14.4. The molecule has 260 valence electrons. The number of primary amides is 1. The summed E-state index contributed by atoms with van der Waals surface area (Å²) >= 11 is 0. The number of aromatic amines is 1. The third kappa shape index (κ3) is 8.16. The largest absolute Gasteiger partial charge is 0.365 e. The Morgan fingerprint density at radius 1 is 1.02 bits per heavy atom. The summed E-state index contributed by atoms with van der Waals surface area (Å²) in [6, 6.07) is 9.46. The number of hydrogen-bond donors (Lipinski definition) is 4. The molecule has 2 atom stereocenters. The first-order valence-corrected chi connectivity index (χ1v) is 17.3. The Morgan fingerprint density at radius 2 is 1.82 bits per heavy atom. The summed E-state index contributed by atoms with van der Waals surface area (Å²) in [7, 11) is 1.60. The molecule has 1 saturated heterocycles. The molecule has 2 fully saturated rings. The fraction of sp³-hybridized carbons (Fsp3) is 0.472. The smallest absolute Gasteiger partial charge is 0.269 e. The molecule has 0 radical (unpaired) electrons. The lowest BCUT2D eigenvalue weighted by molar-refractivity contribution is 0.0956. The monoisotopic (exact) mass is 671 g/mol. The summed E-state index contributed by atoms with van der Waals surface area (Å²) in [4.78, 5) is 52.7. The Hall–Kier alpha value is -4.62. The Kier molecular flexibility index (Phi) is 11.0. The maximum atomic E-state index is 14.4. The van der Waals surface area contributed by atoms with Crippen molar-refractivity contribution in [3.63, 3.8) is 0 Å². The van der Waals surface area contributed by atoms with Crippen LogP contribution in [0.2, 0.25) is 0 Å². The zero-order valence-corrected chi connectivity index (χ0v) is 28.1. The summed E-state index contributed by atoms with van der Waals surface area (Å²) in [5.74, 6) is -1.13. The van der Waals surface area contributed by atoms with Gasteiger partial charge in [0.1, 0.15) is 11.4 Å². The van der Waals surface area contributed by atoms with E-state index in [-0.39, 0.29) is 17.2 Å². The van der Waals surface area contributed by atoms with Crippen molar-refractivity contribution in [3.8, 4) is 0 Å². The lowest BCUT2D eigenvalue weighted by Gasteiger charge is -2.39. The molecule has 3 aromatic heterocycles. The zero-order valence-electron chi connectivity index (χ0n) is 28.1. The second-order valence-corrected chi connectivity index (χ2v) is 13.1. The number of nitrogens with zero attached hydrogens (tertiary/aromatic N) is 5. The Labute approximate surface area is 286 Å². The van der Waals surface area contributed by atoms with Crippen molar-refractivity contribution in [3.05, 3.63) is 93.3 Å². The van der Waals surface area contributed by atoms with Crippen LogP contribution in [-0.2, 0) is 12.8 Å². The third-order valence-electron chi connectivity index (χ3n) is 10.1. The first-order valence-electron chi connectivity index (χ1n) is 17.3. The summed E-state index contributed by atoms with van der Waals surface area (Å²) in [6.45, 7) is 5.86. The van der Waals surface area contributed by atoms with Crippen LogP contribution in [0, 0.1) is 5.95 Å². The van der Waals surface area contributed by atoms with Gasteiger partial charge in [-0.15, -0.1) is 0 Å². The first kappa shape index (κ1) is 34.3. The highest BCUT2D eigenvalue weighted by Gasteiger charge is 2.33. The van der Waals surface area contributed by atoms with Gasteiger partial charge in [0.05, 0.1) is 17.6 Å². The molecule has 0 spiro atoms. The number of pyridine rings is 3. The lowest BCUT2D eigenvalue weighted by Crippen LogP contribution is -2.50. The number of aryl methyl sites for hydroxylation is 1. The van der Waals surface area contributed by atoms with Gasteiger partial charge in [0.2, 0.25) is 5.95 Å². The van der Waals surface area contributed by atoms with Gasteiger partial charge in [-0.05, 0) is 80.8 Å². The van der Waals surface area contributed by atoms with Gasteiger partial charge >= 0.3 is 0 Å². The van der Waals surface area contributed by atoms with Gasteiger partial charge < -0.3 is 31.2 Å². The number of H-pyrrole nitrogens is 1. The first-order chi connectivity index (χ1) is 23.8. The van der Waals surface area contributed by atoms with E-state index in [1.54, 1.807) is 25.4 Å². The number of halogens is 1. The molecule has 13 heteroatoms. The fourth-order valence-electron chi connectivity index (χ4n) is 7.37. The predicted molar refractivity (Wildman–Crippen MR) is 188 cm³/mol. The topological polar surface area (TPSA) is 153 Å². The fourth-order valence-corrected chi connectivity index (χ4v) is 7.37. The molecule has 7 rings (SSSR count). The Morgan fingerprint density at radius 3 is 2.55 bits per heavy atom. The SMILES string of the molecule is CNC(=O)c1ccc(N2C=CCNCC2)cn1.NC(=O)c1ccc(N2CCN(C3CCC(c4cc5c(c(=O)[nH]4)CCCC5)C3)CC2)c(F)n1. The second kappa shape index (κ2) is 15.7. The molecule has 0 aromatic carbocycles. The van der Waals surface area contributed by atoms with E-state index in [2.05, 4.69) is 47.5 Å². The average molecular weight is 672 g/mol. The van der Waals surface area contributed by atoms with Crippen molar-refractivity contribution in [1.29, 1.82) is 0 Å². The minimum absolute atomic E-state index is 0.0536. The van der Waals surface area contributed by atoms with E-state index in [1.807, 2.05) is 17.2 Å². The van der Waals surface area contributed by atoms with Crippen LogP contribution in [0.3, 0.4) is 0 Å². The molecular weight excluding hydrogens is 625 g/mol. The highest BCUT2D eigenvalue weighted by atomic mass is 19.1. The number of nitrogens with two attached hydrogens (primary N) is 1. The number of rotatable bonds is 6. The molecule has 5 heterocycles. The number of nitrogens with one attached hydrogen (secondary N) is 3. The Balaban J connectivity index is 0.000000207. The van der Waals surface area contributed by atoms with Crippen LogP contribution in [0.15, 0.2) is 53.6 Å². The van der Waals surface area contributed by atoms with Crippen LogP contribution < -0.4 is 31.7 Å². The third-order valence-corrected chi connectivity index (χ3v) is 10.1. The van der Waals surface area contributed by atoms with E-state index in [0.29, 0.717) is 36.4 Å². The van der Waals surface area contributed by atoms with Crippen LogP contribution >= 0.6 is 0 Å². The lowest BCUT2D eigenvalue weighted by atomic mass is 9.90. The van der Waals surface area contributed by atoms with Crippen LogP contribution in [-0.4, -0.2) is 90.6 Å².